The van der Waals surface area contributed by atoms with E-state index >= 15 is 0 Å². The minimum atomic E-state index is 0.329. The molecule has 0 spiro atoms. The number of hydrogen-bond donors (Lipinski definition) is 1. The first kappa shape index (κ1) is 10.9. The van der Waals surface area contributed by atoms with Crippen molar-refractivity contribution >= 4 is 5.82 Å². The predicted molar refractivity (Wildman–Crippen MR) is 63.0 cm³/mol. The van der Waals surface area contributed by atoms with Gasteiger partial charge in [-0.3, -0.25) is 0 Å². The summed E-state index contributed by atoms with van der Waals surface area (Å²) in [6.07, 6.45) is 5.20. The van der Waals surface area contributed by atoms with Crippen molar-refractivity contribution in [3.05, 3.63) is 23.9 Å². The number of aromatic nitrogens is 1. The van der Waals surface area contributed by atoms with E-state index in [2.05, 4.69) is 16.0 Å². The maximum Gasteiger partial charge on any atom is 0.146 e. The molecule has 4 nitrogen and oxygen atoms in total. The summed E-state index contributed by atoms with van der Waals surface area (Å²) in [6.45, 7) is 1.58. The lowest BCUT2D eigenvalue weighted by atomic mass is 10.0. The fraction of sp³-hybridized carbons (Fsp3) is 0.500. The summed E-state index contributed by atoms with van der Waals surface area (Å²) in [6, 6.07) is 6.13. The summed E-state index contributed by atoms with van der Waals surface area (Å²) in [5.74, 6) is 0.792. The highest BCUT2D eigenvalue weighted by molar-refractivity contribution is 5.54. The van der Waals surface area contributed by atoms with Crippen molar-refractivity contribution in [2.75, 3.05) is 18.0 Å². The Bertz CT molecular complexity index is 396. The molecule has 0 aromatic carbocycles. The van der Waals surface area contributed by atoms with Gasteiger partial charge in [-0.15, -0.1) is 0 Å². The molecule has 2 N–H and O–H groups in total. The summed E-state index contributed by atoms with van der Waals surface area (Å²) in [4.78, 5) is 6.50. The molecule has 2 rings (SSSR count). The average molecular weight is 216 g/mol. The fourth-order valence-corrected chi connectivity index (χ4v) is 2.24. The first-order chi connectivity index (χ1) is 7.86. The van der Waals surface area contributed by atoms with Crippen molar-refractivity contribution in [2.45, 2.75) is 25.3 Å². The molecule has 0 aliphatic carbocycles. The molecule has 1 aliphatic heterocycles. The van der Waals surface area contributed by atoms with Gasteiger partial charge in [0, 0.05) is 25.3 Å². The second-order valence-electron chi connectivity index (χ2n) is 4.07. The summed E-state index contributed by atoms with van der Waals surface area (Å²) < 4.78 is 0. The molecule has 1 saturated heterocycles. The predicted octanol–water partition coefficient (Wildman–Crippen LogP) is 1.27. The number of piperidine rings is 1. The van der Waals surface area contributed by atoms with E-state index in [1.165, 1.54) is 6.42 Å². The molecule has 0 radical (unpaired) electrons. The van der Waals surface area contributed by atoms with Gasteiger partial charge >= 0.3 is 0 Å². The standard InChI is InChI=1S/C12H16N4/c13-8-10-4-3-6-15-12(10)16-7-2-1-5-11(16)9-14/h3-4,6,11H,1-2,5,7,9,14H2/t11-/m1/s1. The topological polar surface area (TPSA) is 65.9 Å². The van der Waals surface area contributed by atoms with Crippen molar-refractivity contribution in [1.82, 2.24) is 4.98 Å². The first-order valence-corrected chi connectivity index (χ1v) is 5.68. The van der Waals surface area contributed by atoms with Crippen LogP contribution < -0.4 is 10.6 Å². The van der Waals surface area contributed by atoms with Crippen LogP contribution in [0.2, 0.25) is 0 Å². The third-order valence-electron chi connectivity index (χ3n) is 3.08. The highest BCUT2D eigenvalue weighted by atomic mass is 15.2. The molecule has 0 saturated carbocycles. The first-order valence-electron chi connectivity index (χ1n) is 5.68. The lowest BCUT2D eigenvalue weighted by Gasteiger charge is -2.36. The third kappa shape index (κ3) is 2.00. The lowest BCUT2D eigenvalue weighted by Crippen LogP contribution is -2.44. The molecule has 0 bridgehead atoms. The molecule has 0 unspecified atom stereocenters. The number of nitriles is 1. The van der Waals surface area contributed by atoms with Gasteiger partial charge in [-0.2, -0.15) is 5.26 Å². The molecule has 16 heavy (non-hydrogen) atoms. The van der Waals surface area contributed by atoms with Crippen LogP contribution >= 0.6 is 0 Å². The Morgan fingerprint density at radius 1 is 1.56 bits per heavy atom. The second-order valence-corrected chi connectivity index (χ2v) is 4.07. The molecular weight excluding hydrogens is 200 g/mol. The number of pyridine rings is 1. The van der Waals surface area contributed by atoms with E-state index in [0.717, 1.165) is 25.2 Å². The Hall–Kier alpha value is -1.60. The van der Waals surface area contributed by atoms with Crippen molar-refractivity contribution in [1.29, 1.82) is 5.26 Å². The normalized spacial score (nSPS) is 20.5. The maximum absolute atomic E-state index is 9.06. The quantitative estimate of drug-likeness (QED) is 0.808. The van der Waals surface area contributed by atoms with Crippen LogP contribution in [-0.4, -0.2) is 24.1 Å². The summed E-state index contributed by atoms with van der Waals surface area (Å²) in [5.41, 5.74) is 6.41. The molecule has 0 amide bonds. The molecule has 84 valence electrons. The van der Waals surface area contributed by atoms with Gasteiger partial charge < -0.3 is 10.6 Å². The van der Waals surface area contributed by atoms with Gasteiger partial charge in [-0.1, -0.05) is 0 Å². The maximum atomic E-state index is 9.06. The Morgan fingerprint density at radius 3 is 3.19 bits per heavy atom. The van der Waals surface area contributed by atoms with Gasteiger partial charge in [-0.25, -0.2) is 4.98 Å². The largest absolute Gasteiger partial charge is 0.351 e. The molecule has 1 atom stereocenters. The van der Waals surface area contributed by atoms with Crippen LogP contribution in [0.4, 0.5) is 5.82 Å². The van der Waals surface area contributed by atoms with Gasteiger partial charge in [0.2, 0.25) is 0 Å². The molecule has 2 heterocycles. The SMILES string of the molecule is N#Cc1cccnc1N1CCCC[C@@H]1CN. The molecule has 1 aromatic heterocycles. The van der Waals surface area contributed by atoms with Crippen LogP contribution in [-0.2, 0) is 0 Å². The van der Waals surface area contributed by atoms with Crippen molar-refractivity contribution in [3.8, 4) is 6.07 Å². The third-order valence-corrected chi connectivity index (χ3v) is 3.08. The summed E-state index contributed by atoms with van der Waals surface area (Å²) in [5, 5.41) is 9.06. The fourth-order valence-electron chi connectivity index (χ4n) is 2.24. The highest BCUT2D eigenvalue weighted by Crippen LogP contribution is 2.24. The van der Waals surface area contributed by atoms with E-state index < -0.39 is 0 Å². The van der Waals surface area contributed by atoms with Gasteiger partial charge in [0.05, 0.1) is 5.56 Å². The summed E-state index contributed by atoms with van der Waals surface area (Å²) >= 11 is 0. The van der Waals surface area contributed by atoms with E-state index in [1.54, 1.807) is 12.3 Å². The minimum Gasteiger partial charge on any atom is -0.351 e. The van der Waals surface area contributed by atoms with Gasteiger partial charge in [0.1, 0.15) is 11.9 Å². The smallest absolute Gasteiger partial charge is 0.146 e. The molecule has 1 aromatic rings. The highest BCUT2D eigenvalue weighted by Gasteiger charge is 2.23. The second kappa shape index (κ2) is 4.95. The van der Waals surface area contributed by atoms with Crippen LogP contribution in [0.25, 0.3) is 0 Å². The van der Waals surface area contributed by atoms with E-state index in [4.69, 9.17) is 11.0 Å². The Morgan fingerprint density at radius 2 is 2.44 bits per heavy atom. The number of nitrogens with two attached hydrogens (primary N) is 1. The van der Waals surface area contributed by atoms with Gasteiger partial charge in [0.15, 0.2) is 0 Å². The van der Waals surface area contributed by atoms with Gasteiger partial charge in [0.25, 0.3) is 0 Å². The number of rotatable bonds is 2. The zero-order valence-corrected chi connectivity index (χ0v) is 9.26. The van der Waals surface area contributed by atoms with Crippen LogP contribution in [0, 0.1) is 11.3 Å². The van der Waals surface area contributed by atoms with Crippen LogP contribution in [0.1, 0.15) is 24.8 Å². The number of nitrogens with zero attached hydrogens (tertiary/aromatic N) is 3. The minimum absolute atomic E-state index is 0.329. The number of anilines is 1. The van der Waals surface area contributed by atoms with Crippen LogP contribution in [0.15, 0.2) is 18.3 Å². The van der Waals surface area contributed by atoms with Crippen molar-refractivity contribution in [2.24, 2.45) is 5.73 Å². The van der Waals surface area contributed by atoms with Crippen molar-refractivity contribution in [3.63, 3.8) is 0 Å². The van der Waals surface area contributed by atoms with Crippen LogP contribution in [0.5, 0.6) is 0 Å². The Balaban J connectivity index is 2.31. The van der Waals surface area contributed by atoms with E-state index in [1.807, 2.05) is 6.07 Å². The van der Waals surface area contributed by atoms with Gasteiger partial charge in [-0.05, 0) is 31.4 Å². The molecular formula is C12H16N4. The Labute approximate surface area is 95.7 Å². The van der Waals surface area contributed by atoms with E-state index in [0.29, 0.717) is 18.2 Å². The zero-order valence-electron chi connectivity index (χ0n) is 9.26. The number of hydrogen-bond acceptors (Lipinski definition) is 4. The monoisotopic (exact) mass is 216 g/mol. The summed E-state index contributed by atoms with van der Waals surface area (Å²) in [7, 11) is 0. The average Bonchev–Trinajstić information content (AvgIpc) is 2.38. The van der Waals surface area contributed by atoms with E-state index in [-0.39, 0.29) is 0 Å². The van der Waals surface area contributed by atoms with E-state index in [9.17, 15) is 0 Å². The van der Waals surface area contributed by atoms with Crippen molar-refractivity contribution < 1.29 is 0 Å². The molecule has 1 fully saturated rings. The van der Waals surface area contributed by atoms with Crippen LogP contribution in [0.3, 0.4) is 0 Å². The lowest BCUT2D eigenvalue weighted by molar-refractivity contribution is 0.462. The molecule has 4 heteroatoms. The Kier molecular flexibility index (Phi) is 3.37. The molecule has 1 aliphatic rings. The zero-order chi connectivity index (χ0) is 11.4.